The molecule has 0 aromatic heterocycles. The zero-order valence-electron chi connectivity index (χ0n) is 11.2. The third kappa shape index (κ3) is 3.03. The van der Waals surface area contributed by atoms with Crippen LogP contribution in [0, 0.1) is 20.8 Å². The molecule has 0 bridgehead atoms. The molecule has 2 nitrogen and oxygen atoms in total. The van der Waals surface area contributed by atoms with Crippen LogP contribution in [0.2, 0.25) is 0 Å². The van der Waals surface area contributed by atoms with Gasteiger partial charge in [0.05, 0.1) is 12.9 Å². The molecule has 0 atom stereocenters. The van der Waals surface area contributed by atoms with Crippen molar-refractivity contribution in [3.05, 3.63) is 28.3 Å². The van der Waals surface area contributed by atoms with Gasteiger partial charge in [0.15, 0.2) is 5.78 Å². The van der Waals surface area contributed by atoms with Gasteiger partial charge < -0.3 is 4.74 Å². The van der Waals surface area contributed by atoms with E-state index < -0.39 is 0 Å². The summed E-state index contributed by atoms with van der Waals surface area (Å²) < 4.78 is 5.36. The maximum Gasteiger partial charge on any atom is 0.173 e. The second-order valence-corrected chi connectivity index (χ2v) is 5.36. The molecule has 0 saturated heterocycles. The smallest absolute Gasteiger partial charge is 0.173 e. The molecule has 0 heterocycles. The summed E-state index contributed by atoms with van der Waals surface area (Å²) in [7, 11) is 1.67. The summed E-state index contributed by atoms with van der Waals surface area (Å²) in [4.78, 5) is 12.1. The highest BCUT2D eigenvalue weighted by Crippen LogP contribution is 2.29. The second-order valence-electron chi connectivity index (χ2n) is 4.08. The van der Waals surface area contributed by atoms with Gasteiger partial charge in [0.1, 0.15) is 5.75 Å². The molecule has 0 aliphatic heterocycles. The highest BCUT2D eigenvalue weighted by Gasteiger charge is 2.15. The first kappa shape index (κ1) is 14.1. The maximum atomic E-state index is 12.1. The molecule has 0 spiro atoms. The van der Waals surface area contributed by atoms with Crippen molar-refractivity contribution in [3.63, 3.8) is 0 Å². The van der Waals surface area contributed by atoms with Gasteiger partial charge in [-0.1, -0.05) is 6.92 Å². The number of rotatable bonds is 5. The first-order valence-electron chi connectivity index (χ1n) is 5.78. The number of carbonyl (C=O) groups is 1. The van der Waals surface area contributed by atoms with Crippen LogP contribution < -0.4 is 4.74 Å². The van der Waals surface area contributed by atoms with Gasteiger partial charge in [-0.3, -0.25) is 4.79 Å². The van der Waals surface area contributed by atoms with Crippen molar-refractivity contribution >= 4 is 17.5 Å². The minimum Gasteiger partial charge on any atom is -0.496 e. The molecule has 0 radical (unpaired) electrons. The van der Waals surface area contributed by atoms with Crippen molar-refractivity contribution in [2.24, 2.45) is 0 Å². The zero-order valence-corrected chi connectivity index (χ0v) is 12.0. The van der Waals surface area contributed by atoms with Crippen LogP contribution >= 0.6 is 11.8 Å². The summed E-state index contributed by atoms with van der Waals surface area (Å²) >= 11 is 1.66. The van der Waals surface area contributed by atoms with E-state index in [1.54, 1.807) is 18.9 Å². The lowest BCUT2D eigenvalue weighted by Crippen LogP contribution is -2.08. The minimum atomic E-state index is 0.211. The van der Waals surface area contributed by atoms with Crippen molar-refractivity contribution in [2.45, 2.75) is 27.7 Å². The summed E-state index contributed by atoms with van der Waals surface area (Å²) in [5, 5.41) is 0. The van der Waals surface area contributed by atoms with Crippen LogP contribution in [0.3, 0.4) is 0 Å². The first-order chi connectivity index (χ1) is 8.02. The van der Waals surface area contributed by atoms with Gasteiger partial charge in [-0.15, -0.1) is 0 Å². The van der Waals surface area contributed by atoms with Gasteiger partial charge in [-0.05, 0) is 49.3 Å². The van der Waals surface area contributed by atoms with Crippen LogP contribution in [0.4, 0.5) is 0 Å². The number of ether oxygens (including phenoxy) is 1. The van der Waals surface area contributed by atoms with E-state index in [9.17, 15) is 4.79 Å². The van der Waals surface area contributed by atoms with E-state index in [2.05, 4.69) is 6.92 Å². The number of hydrogen-bond donors (Lipinski definition) is 0. The van der Waals surface area contributed by atoms with Gasteiger partial charge in [0.25, 0.3) is 0 Å². The Morgan fingerprint density at radius 3 is 2.47 bits per heavy atom. The number of hydrogen-bond acceptors (Lipinski definition) is 3. The Morgan fingerprint density at radius 2 is 1.94 bits per heavy atom. The van der Waals surface area contributed by atoms with Crippen molar-refractivity contribution in [2.75, 3.05) is 18.6 Å². The Hall–Kier alpha value is -0.960. The molecule has 1 rings (SSSR count). The Bertz CT molecular complexity index is 425. The monoisotopic (exact) mass is 252 g/mol. The number of ketones is 1. The molecule has 0 saturated carbocycles. The van der Waals surface area contributed by atoms with Crippen LogP contribution in [0.15, 0.2) is 6.07 Å². The van der Waals surface area contributed by atoms with Gasteiger partial charge in [0, 0.05) is 5.56 Å². The van der Waals surface area contributed by atoms with Crippen molar-refractivity contribution in [3.8, 4) is 5.75 Å². The number of carbonyl (C=O) groups excluding carboxylic acids is 1. The Labute approximate surface area is 108 Å². The SMILES string of the molecule is CCSCC(=O)c1cc(C)c(OC)c(C)c1C. The topological polar surface area (TPSA) is 26.3 Å². The lowest BCUT2D eigenvalue weighted by Gasteiger charge is -2.14. The van der Waals surface area contributed by atoms with E-state index in [0.29, 0.717) is 5.75 Å². The molecule has 1 aromatic rings. The average Bonchev–Trinajstić information content (AvgIpc) is 2.31. The fraction of sp³-hybridized carbons (Fsp3) is 0.500. The molecule has 0 unspecified atom stereocenters. The van der Waals surface area contributed by atoms with Crippen LogP contribution in [-0.2, 0) is 0 Å². The highest BCUT2D eigenvalue weighted by atomic mass is 32.2. The second kappa shape index (κ2) is 6.10. The molecule has 94 valence electrons. The number of thioether (sulfide) groups is 1. The Balaban J connectivity index is 3.14. The average molecular weight is 252 g/mol. The molecule has 3 heteroatoms. The quantitative estimate of drug-likeness (QED) is 0.750. The molecule has 0 aliphatic rings. The molecule has 0 fully saturated rings. The molecular weight excluding hydrogens is 232 g/mol. The van der Waals surface area contributed by atoms with E-state index in [1.165, 1.54) is 0 Å². The molecule has 1 aromatic carbocycles. The Kier molecular flexibility index (Phi) is 5.06. The van der Waals surface area contributed by atoms with Gasteiger partial charge in [-0.25, -0.2) is 0 Å². The standard InChI is InChI=1S/C14H20O2S/c1-6-17-8-13(15)12-7-9(2)14(16-5)11(4)10(12)3/h7H,6,8H2,1-5H3. The summed E-state index contributed by atoms with van der Waals surface area (Å²) in [6.45, 7) is 8.04. The summed E-state index contributed by atoms with van der Waals surface area (Å²) in [6, 6.07) is 1.94. The molecule has 17 heavy (non-hydrogen) atoms. The Morgan fingerprint density at radius 1 is 1.29 bits per heavy atom. The normalized spacial score (nSPS) is 10.4. The van der Waals surface area contributed by atoms with Crippen LogP contribution in [0.5, 0.6) is 5.75 Å². The van der Waals surface area contributed by atoms with Crippen molar-refractivity contribution < 1.29 is 9.53 Å². The van der Waals surface area contributed by atoms with Gasteiger partial charge in [0.2, 0.25) is 0 Å². The molecule has 0 N–H and O–H groups in total. The molecule has 0 aliphatic carbocycles. The third-order valence-electron chi connectivity index (χ3n) is 2.97. The maximum absolute atomic E-state index is 12.1. The van der Waals surface area contributed by atoms with Gasteiger partial charge >= 0.3 is 0 Å². The predicted octanol–water partition coefficient (Wildman–Crippen LogP) is 3.56. The zero-order chi connectivity index (χ0) is 13.0. The third-order valence-corrected chi connectivity index (χ3v) is 3.84. The summed E-state index contributed by atoms with van der Waals surface area (Å²) in [5.41, 5.74) is 3.97. The van der Waals surface area contributed by atoms with Crippen LogP contribution in [-0.4, -0.2) is 24.4 Å². The van der Waals surface area contributed by atoms with Crippen molar-refractivity contribution in [1.29, 1.82) is 0 Å². The van der Waals surface area contributed by atoms with Crippen LogP contribution in [0.1, 0.15) is 34.0 Å². The van der Waals surface area contributed by atoms with E-state index >= 15 is 0 Å². The fourth-order valence-electron chi connectivity index (χ4n) is 1.93. The lowest BCUT2D eigenvalue weighted by molar-refractivity contribution is 0.102. The predicted molar refractivity (Wildman–Crippen MR) is 74.5 cm³/mol. The fourth-order valence-corrected chi connectivity index (χ4v) is 2.48. The number of aryl methyl sites for hydroxylation is 1. The van der Waals surface area contributed by atoms with Gasteiger partial charge in [-0.2, -0.15) is 11.8 Å². The van der Waals surface area contributed by atoms with E-state index in [1.807, 2.05) is 26.8 Å². The lowest BCUT2D eigenvalue weighted by atomic mass is 9.96. The van der Waals surface area contributed by atoms with Crippen LogP contribution in [0.25, 0.3) is 0 Å². The highest BCUT2D eigenvalue weighted by molar-refractivity contribution is 7.99. The summed E-state index contributed by atoms with van der Waals surface area (Å²) in [5.74, 6) is 2.63. The number of benzene rings is 1. The molecule has 0 amide bonds. The van der Waals surface area contributed by atoms with Crippen molar-refractivity contribution in [1.82, 2.24) is 0 Å². The largest absolute Gasteiger partial charge is 0.496 e. The number of Topliss-reactive ketones (excluding diaryl/α,β-unsaturated/α-hetero) is 1. The number of methoxy groups -OCH3 is 1. The van der Waals surface area contributed by atoms with E-state index in [-0.39, 0.29) is 5.78 Å². The van der Waals surface area contributed by atoms with E-state index in [0.717, 1.165) is 33.8 Å². The van der Waals surface area contributed by atoms with E-state index in [4.69, 9.17) is 4.74 Å². The molecular formula is C14H20O2S. The summed E-state index contributed by atoms with van der Waals surface area (Å²) in [6.07, 6.45) is 0. The first-order valence-corrected chi connectivity index (χ1v) is 6.94. The minimum absolute atomic E-state index is 0.211.